The normalized spacial score (nSPS) is 12.7. The third kappa shape index (κ3) is 69.2. The van der Waals surface area contributed by atoms with Crippen LogP contribution in [0.4, 0.5) is 0 Å². The maximum absolute atomic E-state index is 12.5. The Morgan fingerprint density at radius 3 is 0.845 bits per heavy atom. The van der Waals surface area contributed by atoms with E-state index < -0.39 is 12.1 Å². The molecule has 0 aliphatic heterocycles. The van der Waals surface area contributed by atoms with Crippen molar-refractivity contribution < 1.29 is 24.5 Å². The summed E-state index contributed by atoms with van der Waals surface area (Å²) in [5.74, 6) is -0.0543. The minimum absolute atomic E-state index is 0.00824. The van der Waals surface area contributed by atoms with E-state index in [1.807, 2.05) is 6.08 Å². The molecule has 0 aromatic carbocycles. The number of nitrogens with one attached hydrogen (secondary N) is 1. The fraction of sp³-hybridized carbons (Fsp3) is 0.897. The van der Waals surface area contributed by atoms with Crippen LogP contribution in [0, 0.1) is 0 Å². The van der Waals surface area contributed by atoms with Gasteiger partial charge in [0, 0.05) is 12.8 Å². The average Bonchev–Trinajstić information content (AvgIpc) is 3.51. The molecule has 0 rings (SSSR count). The van der Waals surface area contributed by atoms with Gasteiger partial charge in [0.05, 0.1) is 25.4 Å². The highest BCUT2D eigenvalue weighted by molar-refractivity contribution is 5.76. The summed E-state index contributed by atoms with van der Waals surface area (Å²) in [5, 5.41) is 23.3. The number of ether oxygens (including phenoxy) is 1. The molecule has 84 heavy (non-hydrogen) atoms. The van der Waals surface area contributed by atoms with Gasteiger partial charge in [0.2, 0.25) is 5.91 Å². The van der Waals surface area contributed by atoms with Gasteiger partial charge in [-0.3, -0.25) is 9.59 Å². The summed E-state index contributed by atoms with van der Waals surface area (Å²) in [5.41, 5.74) is 0. The Bertz CT molecular complexity index is 1360. The van der Waals surface area contributed by atoms with E-state index in [2.05, 4.69) is 43.5 Å². The van der Waals surface area contributed by atoms with Crippen LogP contribution in [0.5, 0.6) is 0 Å². The molecule has 1 amide bonds. The first-order valence-electron chi connectivity index (χ1n) is 38.3. The van der Waals surface area contributed by atoms with E-state index in [0.29, 0.717) is 19.4 Å². The zero-order valence-corrected chi connectivity index (χ0v) is 56.9. The largest absolute Gasteiger partial charge is 0.466 e. The second-order valence-electron chi connectivity index (χ2n) is 26.3. The van der Waals surface area contributed by atoms with E-state index in [1.165, 1.54) is 353 Å². The number of carbonyl (C=O) groups is 2. The van der Waals surface area contributed by atoms with Crippen molar-refractivity contribution in [1.82, 2.24) is 5.32 Å². The Morgan fingerprint density at radius 2 is 0.560 bits per heavy atom. The summed E-state index contributed by atoms with van der Waals surface area (Å²) < 4.78 is 5.49. The van der Waals surface area contributed by atoms with E-state index in [4.69, 9.17) is 4.74 Å². The number of aliphatic hydroxyl groups excluding tert-OH is 2. The Kier molecular flexibility index (Phi) is 71.9. The first kappa shape index (κ1) is 82.1. The average molecular weight is 1180 g/mol. The lowest BCUT2D eigenvalue weighted by molar-refractivity contribution is -0.143. The summed E-state index contributed by atoms with van der Waals surface area (Å²) in [6.45, 7) is 4.93. The van der Waals surface area contributed by atoms with Gasteiger partial charge in [-0.1, -0.05) is 365 Å². The quantitative estimate of drug-likeness (QED) is 0.0320. The van der Waals surface area contributed by atoms with Crippen LogP contribution in [-0.2, 0) is 14.3 Å². The predicted molar refractivity (Wildman–Crippen MR) is 370 cm³/mol. The van der Waals surface area contributed by atoms with Gasteiger partial charge in [-0.2, -0.15) is 0 Å². The van der Waals surface area contributed by atoms with Gasteiger partial charge < -0.3 is 20.3 Å². The number of allylic oxidation sites excluding steroid dienone is 5. The van der Waals surface area contributed by atoms with Gasteiger partial charge in [-0.25, -0.2) is 0 Å². The van der Waals surface area contributed by atoms with E-state index in [-0.39, 0.29) is 18.5 Å². The van der Waals surface area contributed by atoms with Gasteiger partial charge in [-0.15, -0.1) is 0 Å². The Morgan fingerprint density at radius 1 is 0.321 bits per heavy atom. The first-order chi connectivity index (χ1) is 41.5. The van der Waals surface area contributed by atoms with Crippen LogP contribution < -0.4 is 5.32 Å². The highest BCUT2D eigenvalue weighted by atomic mass is 16.5. The number of unbranched alkanes of at least 4 members (excludes halogenated alkanes) is 57. The zero-order chi connectivity index (χ0) is 60.6. The number of esters is 1. The number of hydrogen-bond acceptors (Lipinski definition) is 5. The Balaban J connectivity index is 3.40. The zero-order valence-electron chi connectivity index (χ0n) is 56.9. The lowest BCUT2D eigenvalue weighted by Crippen LogP contribution is -2.45. The van der Waals surface area contributed by atoms with Crippen molar-refractivity contribution in [3.8, 4) is 0 Å². The molecule has 3 N–H and O–H groups in total. The third-order valence-electron chi connectivity index (χ3n) is 17.9. The fourth-order valence-electron chi connectivity index (χ4n) is 12.0. The van der Waals surface area contributed by atoms with E-state index in [9.17, 15) is 19.8 Å². The second kappa shape index (κ2) is 73.5. The summed E-state index contributed by atoms with van der Waals surface area (Å²) in [7, 11) is 0. The van der Waals surface area contributed by atoms with Crippen molar-refractivity contribution >= 4 is 11.9 Å². The van der Waals surface area contributed by atoms with Gasteiger partial charge in [0.15, 0.2) is 0 Å². The molecule has 0 saturated carbocycles. The minimum Gasteiger partial charge on any atom is -0.466 e. The number of rotatable bonds is 72. The second-order valence-corrected chi connectivity index (χ2v) is 26.3. The van der Waals surface area contributed by atoms with Gasteiger partial charge >= 0.3 is 5.97 Å². The van der Waals surface area contributed by atoms with Crippen molar-refractivity contribution in [2.75, 3.05) is 13.2 Å². The molecule has 0 fully saturated rings. The van der Waals surface area contributed by atoms with Crippen LogP contribution in [0.1, 0.15) is 425 Å². The monoisotopic (exact) mass is 1180 g/mol. The van der Waals surface area contributed by atoms with E-state index in [1.54, 1.807) is 6.08 Å². The van der Waals surface area contributed by atoms with Gasteiger partial charge in [-0.05, 0) is 83.5 Å². The first-order valence-corrected chi connectivity index (χ1v) is 38.3. The lowest BCUT2D eigenvalue weighted by atomic mass is 10.0. The highest BCUT2D eigenvalue weighted by Gasteiger charge is 2.18. The molecule has 0 heterocycles. The summed E-state index contributed by atoms with van der Waals surface area (Å²) in [6, 6.07) is -0.629. The van der Waals surface area contributed by atoms with E-state index >= 15 is 0 Å². The molecule has 0 spiro atoms. The molecule has 0 aliphatic carbocycles. The van der Waals surface area contributed by atoms with Crippen molar-refractivity contribution in [2.45, 2.75) is 437 Å². The molecular formula is C78H149NO5. The number of carbonyl (C=O) groups excluding carboxylic acids is 2. The summed E-state index contributed by atoms with van der Waals surface area (Å²) in [4.78, 5) is 24.6. The molecule has 6 nitrogen and oxygen atoms in total. The lowest BCUT2D eigenvalue weighted by Gasteiger charge is -2.20. The van der Waals surface area contributed by atoms with Crippen LogP contribution in [0.2, 0.25) is 0 Å². The Hall–Kier alpha value is -1.92. The summed E-state index contributed by atoms with van der Waals surface area (Å²) in [6.07, 6.45) is 95.4. The minimum atomic E-state index is -0.846. The van der Waals surface area contributed by atoms with Crippen molar-refractivity contribution in [2.24, 2.45) is 0 Å². The topological polar surface area (TPSA) is 95.9 Å². The third-order valence-corrected chi connectivity index (χ3v) is 17.9. The molecule has 0 bridgehead atoms. The van der Waals surface area contributed by atoms with Crippen molar-refractivity contribution in [3.05, 3.63) is 36.5 Å². The molecular weight excluding hydrogens is 1030 g/mol. The van der Waals surface area contributed by atoms with Crippen LogP contribution >= 0.6 is 0 Å². The van der Waals surface area contributed by atoms with Crippen LogP contribution in [0.25, 0.3) is 0 Å². The molecule has 6 heteroatoms. The smallest absolute Gasteiger partial charge is 0.305 e. The SMILES string of the molecule is CCCCCCC/C=C\CCCCCCCC(=O)OCCCCCCCCCCCCCC/C=C\CCCCCCCCCCCCCCCC(=O)NC(CO)C(O)/C=C/CCCCCCCCCCCCCCCCCCCCCCCC. The maximum Gasteiger partial charge on any atom is 0.305 e. The molecule has 2 unspecified atom stereocenters. The molecule has 0 aliphatic rings. The standard InChI is InChI=1S/C78H149NO5/c1-3-5-7-9-11-13-15-17-19-20-21-22-23-31-34-37-40-43-46-50-54-58-62-66-70-76(81)75(74-80)79-77(82)71-67-63-59-55-51-47-44-41-38-35-32-29-27-25-24-26-28-30-33-36-39-42-45-49-53-57-61-65-69-73-84-78(83)72-68-64-60-56-52-48-18-16-14-12-10-8-6-4-2/h16,18,24,26,66,70,75-76,80-81H,3-15,17,19-23,25,27-65,67-69,71-74H2,1-2H3,(H,79,82)/b18-16-,26-24-,70-66+. The molecule has 0 saturated heterocycles. The number of aliphatic hydroxyl groups is 2. The fourth-order valence-corrected chi connectivity index (χ4v) is 12.0. The molecule has 496 valence electrons. The number of hydrogen-bond donors (Lipinski definition) is 3. The highest BCUT2D eigenvalue weighted by Crippen LogP contribution is 2.19. The van der Waals surface area contributed by atoms with Gasteiger partial charge in [0.1, 0.15) is 0 Å². The van der Waals surface area contributed by atoms with Crippen molar-refractivity contribution in [1.29, 1.82) is 0 Å². The predicted octanol–water partition coefficient (Wildman–Crippen LogP) is 25.0. The Labute approximate surface area is 525 Å². The molecule has 0 radical (unpaired) electrons. The number of amides is 1. The van der Waals surface area contributed by atoms with Crippen LogP contribution in [0.3, 0.4) is 0 Å². The van der Waals surface area contributed by atoms with Crippen LogP contribution in [-0.4, -0.2) is 47.4 Å². The van der Waals surface area contributed by atoms with E-state index in [0.717, 1.165) is 44.9 Å². The summed E-state index contributed by atoms with van der Waals surface area (Å²) >= 11 is 0. The molecule has 0 aromatic rings. The maximum atomic E-state index is 12.5. The van der Waals surface area contributed by atoms with Gasteiger partial charge in [0.25, 0.3) is 0 Å². The molecule has 2 atom stereocenters. The molecule has 0 aromatic heterocycles. The van der Waals surface area contributed by atoms with Crippen molar-refractivity contribution in [3.63, 3.8) is 0 Å². The van der Waals surface area contributed by atoms with Crippen LogP contribution in [0.15, 0.2) is 36.5 Å².